The zero-order chi connectivity index (χ0) is 18.8. The normalized spacial score (nSPS) is 23.5. The van der Waals surface area contributed by atoms with Crippen LogP contribution in [-0.2, 0) is 17.8 Å². The van der Waals surface area contributed by atoms with Crippen molar-refractivity contribution in [2.45, 2.75) is 51.0 Å². The van der Waals surface area contributed by atoms with Crippen molar-refractivity contribution in [3.05, 3.63) is 29.2 Å². The van der Waals surface area contributed by atoms with Gasteiger partial charge in [0.2, 0.25) is 5.91 Å². The first-order valence-corrected chi connectivity index (χ1v) is 10.3. The molecule has 1 fully saturated rings. The zero-order valence-electron chi connectivity index (χ0n) is 16.6. The summed E-state index contributed by atoms with van der Waals surface area (Å²) < 4.78 is 0. The smallest absolute Gasteiger partial charge is 0.223 e. The number of allylic oxidation sites excluding steroid dienone is 2. The van der Waals surface area contributed by atoms with E-state index in [1.54, 1.807) is 0 Å². The molecule has 146 valence electrons. The molecular weight excluding hydrogens is 338 g/mol. The number of aromatic nitrogens is 2. The number of hydrogen-bond acceptors (Lipinski definition) is 5. The number of likely N-dealkylation sites (tertiary alicyclic amines) is 1. The van der Waals surface area contributed by atoms with Crippen LogP contribution in [0, 0.1) is 5.92 Å². The fourth-order valence-electron chi connectivity index (χ4n) is 4.54. The minimum Gasteiger partial charge on any atom is -0.373 e. The number of rotatable bonds is 4. The van der Waals surface area contributed by atoms with Gasteiger partial charge < -0.3 is 15.1 Å². The highest BCUT2D eigenvalue weighted by Gasteiger charge is 2.28. The van der Waals surface area contributed by atoms with Crippen molar-refractivity contribution in [2.24, 2.45) is 5.92 Å². The molecule has 27 heavy (non-hydrogen) atoms. The number of carbonyl (C=O) groups excluding carboxylic acids is 1. The van der Waals surface area contributed by atoms with E-state index < -0.39 is 0 Å². The van der Waals surface area contributed by atoms with Gasteiger partial charge >= 0.3 is 0 Å². The van der Waals surface area contributed by atoms with Crippen molar-refractivity contribution >= 4 is 11.7 Å². The Morgan fingerprint density at radius 3 is 2.74 bits per heavy atom. The second-order valence-corrected chi connectivity index (χ2v) is 8.22. The molecule has 1 aliphatic carbocycles. The minimum absolute atomic E-state index is 0.266. The van der Waals surface area contributed by atoms with Crippen molar-refractivity contribution in [1.82, 2.24) is 19.8 Å². The molecular formula is C21H31N5O. The van der Waals surface area contributed by atoms with Gasteiger partial charge in [0.1, 0.15) is 11.6 Å². The van der Waals surface area contributed by atoms with Crippen molar-refractivity contribution in [2.75, 3.05) is 39.0 Å². The Morgan fingerprint density at radius 1 is 1.22 bits per heavy atom. The molecule has 1 aromatic heterocycles. The van der Waals surface area contributed by atoms with Gasteiger partial charge in [0, 0.05) is 31.5 Å². The van der Waals surface area contributed by atoms with Crippen LogP contribution in [0.3, 0.4) is 0 Å². The maximum Gasteiger partial charge on any atom is 0.223 e. The van der Waals surface area contributed by atoms with Gasteiger partial charge in [0.15, 0.2) is 0 Å². The van der Waals surface area contributed by atoms with E-state index in [-0.39, 0.29) is 5.91 Å². The topological polar surface area (TPSA) is 61.4 Å². The number of carbonyl (C=O) groups is 1. The minimum atomic E-state index is 0.266. The van der Waals surface area contributed by atoms with Crippen LogP contribution >= 0.6 is 0 Å². The van der Waals surface area contributed by atoms with Gasteiger partial charge in [-0.05, 0) is 58.2 Å². The first-order chi connectivity index (χ1) is 13.1. The summed E-state index contributed by atoms with van der Waals surface area (Å²) in [4.78, 5) is 26.9. The number of nitrogens with zero attached hydrogens (tertiary/aromatic N) is 4. The summed E-state index contributed by atoms with van der Waals surface area (Å²) in [6, 6.07) is 0. The number of fused-ring (bicyclic) bond motifs is 1. The first kappa shape index (κ1) is 18.4. The predicted molar refractivity (Wildman–Crippen MR) is 107 cm³/mol. The highest BCUT2D eigenvalue weighted by Crippen LogP contribution is 2.31. The Balaban J connectivity index is 1.51. The maximum atomic E-state index is 12.8. The Bertz CT molecular complexity index is 724. The average Bonchev–Trinajstić information content (AvgIpc) is 3.20. The van der Waals surface area contributed by atoms with Gasteiger partial charge in [0.05, 0.1) is 12.2 Å². The van der Waals surface area contributed by atoms with E-state index in [0.29, 0.717) is 24.8 Å². The van der Waals surface area contributed by atoms with Crippen LogP contribution in [0.25, 0.3) is 0 Å². The Morgan fingerprint density at radius 2 is 2.04 bits per heavy atom. The fraction of sp³-hybridized carbons (Fsp3) is 0.667. The molecule has 2 aliphatic heterocycles. The summed E-state index contributed by atoms with van der Waals surface area (Å²) in [5.74, 6) is 3.03. The molecule has 0 spiro atoms. The Labute approximate surface area is 162 Å². The molecule has 0 bridgehead atoms. The fourth-order valence-corrected chi connectivity index (χ4v) is 4.54. The summed E-state index contributed by atoms with van der Waals surface area (Å²) in [6.07, 6.45) is 10.3. The SMILES string of the molecule is CNc1nc(C2CCN(C)CC2)nc2c1CCN(C(=O)C[C@@H]1C=CCC1)C2. The van der Waals surface area contributed by atoms with Crippen LogP contribution in [0.4, 0.5) is 5.82 Å². The second-order valence-electron chi connectivity index (χ2n) is 8.22. The van der Waals surface area contributed by atoms with Crippen molar-refractivity contribution in [1.29, 1.82) is 0 Å². The van der Waals surface area contributed by atoms with Crippen molar-refractivity contribution in [3.8, 4) is 0 Å². The van der Waals surface area contributed by atoms with Crippen LogP contribution in [0.5, 0.6) is 0 Å². The van der Waals surface area contributed by atoms with Crippen molar-refractivity contribution < 1.29 is 4.79 Å². The van der Waals surface area contributed by atoms with Crippen LogP contribution < -0.4 is 5.32 Å². The molecule has 0 aromatic carbocycles. The van der Waals surface area contributed by atoms with Gasteiger partial charge in [-0.1, -0.05) is 12.2 Å². The number of amides is 1. The third-order valence-electron chi connectivity index (χ3n) is 6.30. The molecule has 1 N–H and O–H groups in total. The van der Waals surface area contributed by atoms with E-state index in [2.05, 4.69) is 29.4 Å². The number of nitrogens with one attached hydrogen (secondary N) is 1. The summed E-state index contributed by atoms with van der Waals surface area (Å²) in [5.41, 5.74) is 2.24. The van der Waals surface area contributed by atoms with E-state index in [4.69, 9.17) is 9.97 Å². The molecule has 6 heteroatoms. The molecule has 0 unspecified atom stereocenters. The van der Waals surface area contributed by atoms with Gasteiger partial charge in [-0.3, -0.25) is 4.79 Å². The first-order valence-electron chi connectivity index (χ1n) is 10.3. The van der Waals surface area contributed by atoms with Crippen molar-refractivity contribution in [3.63, 3.8) is 0 Å². The van der Waals surface area contributed by atoms with Gasteiger partial charge in [-0.2, -0.15) is 0 Å². The molecule has 3 aliphatic rings. The van der Waals surface area contributed by atoms with Gasteiger partial charge in [-0.15, -0.1) is 0 Å². The average molecular weight is 370 g/mol. The quantitative estimate of drug-likeness (QED) is 0.827. The molecule has 6 nitrogen and oxygen atoms in total. The van der Waals surface area contributed by atoms with Gasteiger partial charge in [0.25, 0.3) is 0 Å². The standard InChI is InChI=1S/C21H31N5O/c1-22-21-17-9-12-26(19(27)13-15-5-3-4-6-15)14-18(17)23-20(24-21)16-7-10-25(2)11-8-16/h3,5,15-16H,4,6-14H2,1-2H3,(H,22,23,24)/t15-/m1/s1. The third-order valence-corrected chi connectivity index (χ3v) is 6.30. The summed E-state index contributed by atoms with van der Waals surface area (Å²) in [7, 11) is 4.11. The van der Waals surface area contributed by atoms with E-state index in [9.17, 15) is 4.79 Å². The van der Waals surface area contributed by atoms with E-state index in [1.807, 2.05) is 11.9 Å². The largest absolute Gasteiger partial charge is 0.373 e. The summed E-state index contributed by atoms with van der Waals surface area (Å²) in [6.45, 7) is 3.59. The number of anilines is 1. The zero-order valence-corrected chi connectivity index (χ0v) is 16.6. The van der Waals surface area contributed by atoms with E-state index in [1.165, 1.54) is 5.56 Å². The van der Waals surface area contributed by atoms with Gasteiger partial charge in [-0.25, -0.2) is 9.97 Å². The Kier molecular flexibility index (Phi) is 5.43. The Hall–Kier alpha value is -1.95. The summed E-state index contributed by atoms with van der Waals surface area (Å²) >= 11 is 0. The molecule has 3 heterocycles. The lowest BCUT2D eigenvalue weighted by molar-refractivity contribution is -0.132. The second kappa shape index (κ2) is 7.97. The third kappa shape index (κ3) is 4.00. The number of piperidine rings is 1. The molecule has 4 rings (SSSR count). The molecule has 1 atom stereocenters. The van der Waals surface area contributed by atoms with Crippen LogP contribution in [0.1, 0.15) is 55.1 Å². The lowest BCUT2D eigenvalue weighted by Crippen LogP contribution is -2.38. The molecule has 0 saturated carbocycles. The maximum absolute atomic E-state index is 12.8. The lowest BCUT2D eigenvalue weighted by atomic mass is 9.95. The summed E-state index contributed by atoms with van der Waals surface area (Å²) in [5, 5.41) is 3.27. The van der Waals surface area contributed by atoms with Crippen LogP contribution in [0.2, 0.25) is 0 Å². The molecule has 1 amide bonds. The highest BCUT2D eigenvalue weighted by atomic mass is 16.2. The number of hydrogen-bond donors (Lipinski definition) is 1. The monoisotopic (exact) mass is 369 g/mol. The highest BCUT2D eigenvalue weighted by molar-refractivity contribution is 5.77. The van der Waals surface area contributed by atoms with E-state index >= 15 is 0 Å². The van der Waals surface area contributed by atoms with Crippen LogP contribution in [-0.4, -0.2) is 59.4 Å². The molecule has 1 aromatic rings. The molecule has 1 saturated heterocycles. The molecule has 0 radical (unpaired) electrons. The van der Waals surface area contributed by atoms with E-state index in [0.717, 1.165) is 69.1 Å². The lowest BCUT2D eigenvalue weighted by Gasteiger charge is -2.32. The predicted octanol–water partition coefficient (Wildman–Crippen LogP) is 2.57. The van der Waals surface area contributed by atoms with Crippen LogP contribution in [0.15, 0.2) is 12.2 Å².